The first-order chi connectivity index (χ1) is 7.68. The zero-order valence-electron chi connectivity index (χ0n) is 8.59. The highest BCUT2D eigenvalue weighted by atomic mass is 16.4. The zero-order chi connectivity index (χ0) is 11.8. The molecule has 0 aromatic carbocycles. The number of aromatic nitrogens is 3. The van der Waals surface area contributed by atoms with E-state index in [0.29, 0.717) is 13.1 Å². The zero-order valence-corrected chi connectivity index (χ0v) is 8.59. The van der Waals surface area contributed by atoms with Crippen molar-refractivity contribution in [3.8, 4) is 0 Å². The first-order valence-corrected chi connectivity index (χ1v) is 4.76. The molecule has 1 heterocycles. The van der Waals surface area contributed by atoms with E-state index in [0.717, 1.165) is 0 Å². The molecule has 3 N–H and O–H groups in total. The molecule has 2 amide bonds. The van der Waals surface area contributed by atoms with E-state index in [-0.39, 0.29) is 19.0 Å². The predicted molar refractivity (Wildman–Crippen MR) is 53.7 cm³/mol. The number of hydrogen-bond acceptors (Lipinski definition) is 4. The molecule has 0 radical (unpaired) electrons. The van der Waals surface area contributed by atoms with E-state index in [1.165, 1.54) is 0 Å². The topological polar surface area (TPSA) is 109 Å². The summed E-state index contributed by atoms with van der Waals surface area (Å²) in [5.74, 6) is -0.942. The Morgan fingerprint density at radius 3 is 2.69 bits per heavy atom. The van der Waals surface area contributed by atoms with Gasteiger partial charge in [0.15, 0.2) is 0 Å². The van der Waals surface area contributed by atoms with Crippen LogP contribution in [0.1, 0.15) is 6.42 Å². The third-order valence-corrected chi connectivity index (χ3v) is 1.72. The number of aliphatic carboxylic acids is 1. The summed E-state index contributed by atoms with van der Waals surface area (Å²) >= 11 is 0. The third-order valence-electron chi connectivity index (χ3n) is 1.72. The van der Waals surface area contributed by atoms with Gasteiger partial charge in [0, 0.05) is 19.3 Å². The molecule has 1 aromatic heterocycles. The number of nitrogens with zero attached hydrogens (tertiary/aromatic N) is 3. The molecule has 16 heavy (non-hydrogen) atoms. The summed E-state index contributed by atoms with van der Waals surface area (Å²) < 4.78 is 1.58. The van der Waals surface area contributed by atoms with Gasteiger partial charge in [0.2, 0.25) is 0 Å². The lowest BCUT2D eigenvalue weighted by molar-refractivity contribution is -0.136. The first-order valence-electron chi connectivity index (χ1n) is 4.76. The molecule has 0 aliphatic heterocycles. The highest BCUT2D eigenvalue weighted by molar-refractivity contribution is 5.74. The number of carbonyl (C=O) groups excluding carboxylic acids is 1. The standard InChI is InChI=1S/C8H13N5O3/c14-7(15)1-2-9-8(16)10-3-5-13-6-4-11-12-13/h4,6H,1-3,5H2,(H,14,15)(H2,9,10,16). The summed E-state index contributed by atoms with van der Waals surface area (Å²) in [7, 11) is 0. The van der Waals surface area contributed by atoms with E-state index in [9.17, 15) is 9.59 Å². The molecule has 0 saturated heterocycles. The lowest BCUT2D eigenvalue weighted by atomic mass is 10.4. The number of urea groups is 1. The van der Waals surface area contributed by atoms with Crippen molar-refractivity contribution < 1.29 is 14.7 Å². The maximum absolute atomic E-state index is 11.1. The second kappa shape index (κ2) is 6.38. The van der Waals surface area contributed by atoms with E-state index in [4.69, 9.17) is 5.11 Å². The SMILES string of the molecule is O=C(O)CCNC(=O)NCCn1ccnn1. The molecule has 8 nitrogen and oxygen atoms in total. The molecule has 88 valence electrons. The van der Waals surface area contributed by atoms with Gasteiger partial charge in [-0.3, -0.25) is 9.48 Å². The fourth-order valence-electron chi connectivity index (χ4n) is 0.981. The molecule has 0 spiro atoms. The third kappa shape index (κ3) is 4.94. The number of rotatable bonds is 6. The number of carboxylic acids is 1. The number of carboxylic acid groups (broad SMARTS) is 1. The van der Waals surface area contributed by atoms with Crippen molar-refractivity contribution in [3.05, 3.63) is 12.4 Å². The predicted octanol–water partition coefficient (Wildman–Crippen LogP) is -0.948. The number of carbonyl (C=O) groups is 2. The van der Waals surface area contributed by atoms with Crippen molar-refractivity contribution in [1.82, 2.24) is 25.6 Å². The molecule has 0 saturated carbocycles. The lowest BCUT2D eigenvalue weighted by Crippen LogP contribution is -2.38. The quantitative estimate of drug-likeness (QED) is 0.580. The number of amides is 2. The molecule has 0 bridgehead atoms. The molecular weight excluding hydrogens is 214 g/mol. The summed E-state index contributed by atoms with van der Waals surface area (Å²) in [5, 5.41) is 20.6. The van der Waals surface area contributed by atoms with Crippen molar-refractivity contribution in [2.24, 2.45) is 0 Å². The van der Waals surface area contributed by atoms with Crippen LogP contribution in [-0.2, 0) is 11.3 Å². The van der Waals surface area contributed by atoms with E-state index in [2.05, 4.69) is 20.9 Å². The normalized spacial score (nSPS) is 9.75. The second-order valence-electron chi connectivity index (χ2n) is 2.99. The minimum atomic E-state index is -0.942. The smallest absolute Gasteiger partial charge is 0.314 e. The molecular formula is C8H13N5O3. The maximum Gasteiger partial charge on any atom is 0.314 e. The van der Waals surface area contributed by atoms with Crippen LogP contribution in [0.25, 0.3) is 0 Å². The lowest BCUT2D eigenvalue weighted by Gasteiger charge is -2.05. The minimum Gasteiger partial charge on any atom is -0.481 e. The Morgan fingerprint density at radius 1 is 1.31 bits per heavy atom. The summed E-state index contributed by atoms with van der Waals surface area (Å²) in [6.07, 6.45) is 3.15. The van der Waals surface area contributed by atoms with Crippen LogP contribution in [0.15, 0.2) is 12.4 Å². The number of hydrogen-bond donors (Lipinski definition) is 3. The van der Waals surface area contributed by atoms with Gasteiger partial charge in [0.1, 0.15) is 0 Å². The van der Waals surface area contributed by atoms with Crippen LogP contribution in [-0.4, -0.2) is 45.2 Å². The van der Waals surface area contributed by atoms with E-state index < -0.39 is 5.97 Å². The van der Waals surface area contributed by atoms with Gasteiger partial charge in [-0.1, -0.05) is 5.21 Å². The molecule has 0 aliphatic carbocycles. The highest BCUT2D eigenvalue weighted by Crippen LogP contribution is 1.79. The summed E-state index contributed by atoms with van der Waals surface area (Å²) in [6, 6.07) is -0.388. The van der Waals surface area contributed by atoms with Crippen LogP contribution in [0.4, 0.5) is 4.79 Å². The summed E-state index contributed by atoms with van der Waals surface area (Å²) in [4.78, 5) is 21.3. The molecule has 0 aliphatic rings. The van der Waals surface area contributed by atoms with Gasteiger partial charge >= 0.3 is 12.0 Å². The Bertz CT molecular complexity index is 337. The fourth-order valence-corrected chi connectivity index (χ4v) is 0.981. The van der Waals surface area contributed by atoms with Crippen LogP contribution in [0.5, 0.6) is 0 Å². The van der Waals surface area contributed by atoms with Gasteiger partial charge < -0.3 is 15.7 Å². The Kier molecular flexibility index (Phi) is 4.77. The van der Waals surface area contributed by atoms with Crippen molar-refractivity contribution in [3.63, 3.8) is 0 Å². The highest BCUT2D eigenvalue weighted by Gasteiger charge is 2.01. The minimum absolute atomic E-state index is 0.0868. The van der Waals surface area contributed by atoms with Crippen molar-refractivity contribution >= 4 is 12.0 Å². The van der Waals surface area contributed by atoms with Crippen molar-refractivity contribution in [1.29, 1.82) is 0 Å². The van der Waals surface area contributed by atoms with Crippen LogP contribution < -0.4 is 10.6 Å². The van der Waals surface area contributed by atoms with Gasteiger partial charge in [0.25, 0.3) is 0 Å². The van der Waals surface area contributed by atoms with Gasteiger partial charge in [-0.05, 0) is 0 Å². The Balaban J connectivity index is 2.04. The van der Waals surface area contributed by atoms with Crippen LogP contribution in [0, 0.1) is 0 Å². The fraction of sp³-hybridized carbons (Fsp3) is 0.500. The van der Waals surface area contributed by atoms with Crippen LogP contribution in [0.3, 0.4) is 0 Å². The van der Waals surface area contributed by atoms with Crippen molar-refractivity contribution in [2.75, 3.05) is 13.1 Å². The summed E-state index contributed by atoms with van der Waals surface area (Å²) in [6.45, 7) is 1.04. The van der Waals surface area contributed by atoms with Gasteiger partial charge in [-0.2, -0.15) is 0 Å². The van der Waals surface area contributed by atoms with Crippen LogP contribution in [0.2, 0.25) is 0 Å². The maximum atomic E-state index is 11.1. The van der Waals surface area contributed by atoms with E-state index in [1.54, 1.807) is 17.1 Å². The van der Waals surface area contributed by atoms with Gasteiger partial charge in [0.05, 0.1) is 19.2 Å². The molecule has 1 aromatic rings. The Hall–Kier alpha value is -2.12. The molecule has 1 rings (SSSR count). The van der Waals surface area contributed by atoms with E-state index in [1.807, 2.05) is 0 Å². The molecule has 0 fully saturated rings. The monoisotopic (exact) mass is 227 g/mol. The van der Waals surface area contributed by atoms with Crippen LogP contribution >= 0.6 is 0 Å². The average molecular weight is 227 g/mol. The second-order valence-corrected chi connectivity index (χ2v) is 2.99. The Labute approximate surface area is 91.6 Å². The molecule has 8 heteroatoms. The first kappa shape index (κ1) is 12.0. The molecule has 0 unspecified atom stereocenters. The number of nitrogens with one attached hydrogen (secondary N) is 2. The van der Waals surface area contributed by atoms with Gasteiger partial charge in [-0.25, -0.2) is 4.79 Å². The average Bonchev–Trinajstić information content (AvgIpc) is 2.70. The summed E-state index contributed by atoms with van der Waals surface area (Å²) in [5.41, 5.74) is 0. The van der Waals surface area contributed by atoms with Crippen molar-refractivity contribution in [2.45, 2.75) is 13.0 Å². The molecule has 0 atom stereocenters. The largest absolute Gasteiger partial charge is 0.481 e. The van der Waals surface area contributed by atoms with E-state index >= 15 is 0 Å². The Morgan fingerprint density at radius 2 is 2.06 bits per heavy atom. The van der Waals surface area contributed by atoms with Gasteiger partial charge in [-0.15, -0.1) is 5.10 Å².